The summed E-state index contributed by atoms with van der Waals surface area (Å²) in [7, 11) is 1.81. The molecule has 32 heavy (non-hydrogen) atoms. The Morgan fingerprint density at radius 1 is 1.00 bits per heavy atom. The van der Waals surface area contributed by atoms with Gasteiger partial charge < -0.3 is 5.32 Å². The number of hydrogen-bond donors (Lipinski definition) is 1. The first-order valence-corrected chi connectivity index (χ1v) is 13.1. The van der Waals surface area contributed by atoms with E-state index in [-0.39, 0.29) is 17.4 Å². The van der Waals surface area contributed by atoms with Gasteiger partial charge in [0.25, 0.3) is 5.91 Å². The third-order valence-electron chi connectivity index (χ3n) is 5.43. The number of amides is 1. The zero-order chi connectivity index (χ0) is 24.7. The van der Waals surface area contributed by atoms with E-state index >= 15 is 0 Å². The molecule has 5 heteroatoms. The van der Waals surface area contributed by atoms with Crippen molar-refractivity contribution in [3.63, 3.8) is 0 Å². The molecule has 1 fully saturated rings. The largest absolute Gasteiger partial charge is 0.349 e. The van der Waals surface area contributed by atoms with Crippen molar-refractivity contribution in [2.75, 3.05) is 7.05 Å². The van der Waals surface area contributed by atoms with Crippen LogP contribution in [0.5, 0.6) is 0 Å². The SMILES string of the molecule is CC.CC.CN=C(SC(C)=NC1CCCCC1)c1ccc(C(=O)NC(C)C(C)(C)C)cc1. The monoisotopic (exact) mass is 461 g/mol. The lowest BCUT2D eigenvalue weighted by Crippen LogP contribution is -2.41. The maximum Gasteiger partial charge on any atom is 0.251 e. The van der Waals surface area contributed by atoms with E-state index in [4.69, 9.17) is 4.99 Å². The van der Waals surface area contributed by atoms with Crippen LogP contribution in [0.1, 0.15) is 110 Å². The lowest BCUT2D eigenvalue weighted by molar-refractivity contribution is 0.0910. The Morgan fingerprint density at radius 3 is 1.97 bits per heavy atom. The van der Waals surface area contributed by atoms with E-state index < -0.39 is 0 Å². The Labute approximate surface area is 202 Å². The zero-order valence-corrected chi connectivity index (χ0v) is 23.0. The molecule has 0 spiro atoms. The first kappa shape index (κ1) is 30.4. The summed E-state index contributed by atoms with van der Waals surface area (Å²) in [5.74, 6) is -0.0355. The number of nitrogens with one attached hydrogen (secondary N) is 1. The summed E-state index contributed by atoms with van der Waals surface area (Å²) in [5.41, 5.74) is 1.72. The molecule has 1 aromatic carbocycles. The predicted molar refractivity (Wildman–Crippen MR) is 146 cm³/mol. The molecule has 0 heterocycles. The Bertz CT molecular complexity index is 711. The third kappa shape index (κ3) is 10.8. The van der Waals surface area contributed by atoms with Crippen LogP contribution in [0.2, 0.25) is 0 Å². The molecule has 0 bridgehead atoms. The summed E-state index contributed by atoms with van der Waals surface area (Å²) in [4.78, 5) is 21.8. The van der Waals surface area contributed by atoms with Crippen LogP contribution in [0.4, 0.5) is 0 Å². The average Bonchev–Trinajstić information content (AvgIpc) is 2.80. The van der Waals surface area contributed by atoms with E-state index in [1.54, 1.807) is 11.8 Å². The molecule has 2 rings (SSSR count). The Morgan fingerprint density at radius 2 is 1.50 bits per heavy atom. The number of thioether (sulfide) groups is 1. The van der Waals surface area contributed by atoms with Gasteiger partial charge in [-0.3, -0.25) is 14.8 Å². The Balaban J connectivity index is 0.00000227. The smallest absolute Gasteiger partial charge is 0.251 e. The van der Waals surface area contributed by atoms with E-state index in [0.29, 0.717) is 11.6 Å². The molecule has 1 N–H and O–H groups in total. The van der Waals surface area contributed by atoms with Crippen molar-refractivity contribution >= 4 is 27.8 Å². The third-order valence-corrected chi connectivity index (χ3v) is 6.44. The van der Waals surface area contributed by atoms with Crippen molar-refractivity contribution in [3.05, 3.63) is 35.4 Å². The van der Waals surface area contributed by atoms with Gasteiger partial charge in [0, 0.05) is 24.2 Å². The van der Waals surface area contributed by atoms with Crippen molar-refractivity contribution in [2.24, 2.45) is 15.4 Å². The molecule has 1 atom stereocenters. The maximum atomic E-state index is 12.5. The summed E-state index contributed by atoms with van der Waals surface area (Å²) >= 11 is 1.62. The van der Waals surface area contributed by atoms with Gasteiger partial charge in [-0.05, 0) is 44.2 Å². The van der Waals surface area contributed by atoms with Gasteiger partial charge in [0.05, 0.1) is 11.1 Å². The van der Waals surface area contributed by atoms with Crippen LogP contribution >= 0.6 is 11.8 Å². The molecule has 1 aromatic rings. The fraction of sp³-hybridized carbons (Fsp3) is 0.667. The van der Waals surface area contributed by atoms with Gasteiger partial charge in [0.1, 0.15) is 5.04 Å². The molecule has 1 saturated carbocycles. The number of aliphatic imine (C=N–C) groups is 2. The molecule has 1 aliphatic carbocycles. The highest BCUT2D eigenvalue weighted by Crippen LogP contribution is 2.23. The van der Waals surface area contributed by atoms with Gasteiger partial charge in [-0.15, -0.1) is 0 Å². The van der Waals surface area contributed by atoms with Gasteiger partial charge in [0.2, 0.25) is 0 Å². The molecule has 0 radical (unpaired) electrons. The van der Waals surface area contributed by atoms with Crippen molar-refractivity contribution in [1.29, 1.82) is 0 Å². The predicted octanol–water partition coefficient (Wildman–Crippen LogP) is 7.76. The summed E-state index contributed by atoms with van der Waals surface area (Å²) in [6.45, 7) is 18.5. The van der Waals surface area contributed by atoms with Crippen LogP contribution in [0.3, 0.4) is 0 Å². The fourth-order valence-electron chi connectivity index (χ4n) is 3.13. The van der Waals surface area contributed by atoms with E-state index in [2.05, 4.69) is 38.0 Å². The highest BCUT2D eigenvalue weighted by atomic mass is 32.2. The van der Waals surface area contributed by atoms with Gasteiger partial charge in [-0.1, -0.05) is 91.6 Å². The number of nitrogens with zero attached hydrogens (tertiary/aromatic N) is 2. The summed E-state index contributed by atoms with van der Waals surface area (Å²) < 4.78 is 0. The minimum atomic E-state index is -0.0355. The van der Waals surface area contributed by atoms with Gasteiger partial charge in [-0.25, -0.2) is 0 Å². The molecule has 0 aromatic heterocycles. The number of rotatable bonds is 4. The molecule has 0 saturated heterocycles. The first-order chi connectivity index (χ1) is 15.2. The number of benzene rings is 1. The van der Waals surface area contributed by atoms with Crippen LogP contribution in [0.15, 0.2) is 34.3 Å². The van der Waals surface area contributed by atoms with Gasteiger partial charge >= 0.3 is 0 Å². The van der Waals surface area contributed by atoms with E-state index in [9.17, 15) is 4.79 Å². The molecule has 1 aliphatic rings. The highest BCUT2D eigenvalue weighted by molar-refractivity contribution is 8.27. The maximum absolute atomic E-state index is 12.5. The molecule has 1 amide bonds. The fourth-order valence-corrected chi connectivity index (χ4v) is 3.95. The topological polar surface area (TPSA) is 53.8 Å². The summed E-state index contributed by atoms with van der Waals surface area (Å²) in [6, 6.07) is 8.26. The van der Waals surface area contributed by atoms with Crippen molar-refractivity contribution in [2.45, 2.75) is 107 Å². The summed E-state index contributed by atoms with van der Waals surface area (Å²) in [5, 5.41) is 5.08. The minimum absolute atomic E-state index is 0.0312. The normalized spacial score (nSPS) is 16.2. The Kier molecular flexibility index (Phi) is 15.3. The minimum Gasteiger partial charge on any atom is -0.349 e. The van der Waals surface area contributed by atoms with E-state index in [1.165, 1.54) is 32.1 Å². The quantitative estimate of drug-likeness (QED) is 0.368. The summed E-state index contributed by atoms with van der Waals surface area (Å²) in [6.07, 6.45) is 6.32. The molecule has 182 valence electrons. The number of carbonyl (C=O) groups is 1. The Hall–Kier alpha value is -1.62. The van der Waals surface area contributed by atoms with Crippen LogP contribution in [0.25, 0.3) is 0 Å². The second-order valence-electron chi connectivity index (χ2n) is 8.71. The van der Waals surface area contributed by atoms with Crippen LogP contribution in [-0.4, -0.2) is 35.1 Å². The van der Waals surface area contributed by atoms with Crippen LogP contribution in [0, 0.1) is 5.41 Å². The molecule has 1 unspecified atom stereocenters. The van der Waals surface area contributed by atoms with Crippen molar-refractivity contribution in [1.82, 2.24) is 5.32 Å². The lowest BCUT2D eigenvalue weighted by Gasteiger charge is -2.28. The van der Waals surface area contributed by atoms with Crippen molar-refractivity contribution < 1.29 is 4.79 Å². The molecular weight excluding hydrogens is 414 g/mol. The van der Waals surface area contributed by atoms with E-state index in [0.717, 1.165) is 15.7 Å². The van der Waals surface area contributed by atoms with Gasteiger partial charge in [-0.2, -0.15) is 0 Å². The zero-order valence-electron chi connectivity index (χ0n) is 22.2. The lowest BCUT2D eigenvalue weighted by atomic mass is 9.88. The second-order valence-corrected chi connectivity index (χ2v) is 9.89. The van der Waals surface area contributed by atoms with Crippen molar-refractivity contribution in [3.8, 4) is 0 Å². The second kappa shape index (κ2) is 16.1. The van der Waals surface area contributed by atoms with Crippen LogP contribution < -0.4 is 5.32 Å². The molecule has 4 nitrogen and oxygen atoms in total. The standard InChI is InChI=1S/C23H35N3OS.2C2H6/c1-16(23(3,4)5)25-21(27)18-12-14-19(15-13-18)22(24-6)28-17(2)26-20-10-8-7-9-11-20;2*1-2/h12-16,20H,7-11H2,1-6H3,(H,25,27);2*1-2H3. The average molecular weight is 462 g/mol. The van der Waals surface area contributed by atoms with Gasteiger partial charge in [0.15, 0.2) is 0 Å². The van der Waals surface area contributed by atoms with E-state index in [1.807, 2.05) is 65.9 Å². The number of hydrogen-bond acceptors (Lipinski definition) is 4. The highest BCUT2D eigenvalue weighted by Gasteiger charge is 2.22. The first-order valence-electron chi connectivity index (χ1n) is 12.3. The molecule has 0 aliphatic heterocycles. The van der Waals surface area contributed by atoms with Crippen LogP contribution in [-0.2, 0) is 0 Å². The molecular formula is C27H47N3OS. The number of carbonyl (C=O) groups excluding carboxylic acids is 1.